The van der Waals surface area contributed by atoms with Crippen LogP contribution in [-0.2, 0) is 0 Å². The number of nitrogens with one attached hydrogen (secondary N) is 1. The van der Waals surface area contributed by atoms with E-state index in [9.17, 15) is 0 Å². The highest BCUT2D eigenvalue weighted by Gasteiger charge is 2.09. The van der Waals surface area contributed by atoms with E-state index >= 15 is 0 Å². The van der Waals surface area contributed by atoms with E-state index in [-0.39, 0.29) is 0 Å². The first kappa shape index (κ1) is 10.5. The van der Waals surface area contributed by atoms with Gasteiger partial charge < -0.3 is 4.98 Å². The zero-order valence-electron chi connectivity index (χ0n) is 9.94. The molecule has 0 spiro atoms. The molecular formula is C15H11N3. The van der Waals surface area contributed by atoms with Gasteiger partial charge >= 0.3 is 0 Å². The van der Waals surface area contributed by atoms with Crippen LogP contribution in [-0.4, -0.2) is 9.97 Å². The molecule has 0 saturated carbocycles. The van der Waals surface area contributed by atoms with Gasteiger partial charge in [-0.15, -0.1) is 0 Å². The number of hydrogen-bond acceptors (Lipinski definition) is 2. The summed E-state index contributed by atoms with van der Waals surface area (Å²) in [6.07, 6.45) is 3.53. The van der Waals surface area contributed by atoms with Crippen LogP contribution in [0.2, 0.25) is 0 Å². The zero-order chi connectivity index (χ0) is 12.5. The van der Waals surface area contributed by atoms with Gasteiger partial charge in [0, 0.05) is 23.3 Å². The molecule has 1 N–H and O–H groups in total. The molecule has 0 aliphatic heterocycles. The highest BCUT2D eigenvalue weighted by Crippen LogP contribution is 2.30. The Bertz CT molecular complexity index is 763. The van der Waals surface area contributed by atoms with Gasteiger partial charge in [-0.1, -0.05) is 24.3 Å². The maximum atomic E-state index is 8.95. The molecule has 86 valence electrons. The third-order valence-corrected chi connectivity index (χ3v) is 3.10. The number of hydrogen-bond donors (Lipinski definition) is 1. The maximum Gasteiger partial charge on any atom is 0.137 e. The van der Waals surface area contributed by atoms with E-state index < -0.39 is 0 Å². The summed E-state index contributed by atoms with van der Waals surface area (Å²) in [5, 5.41) is 9.94. The zero-order valence-corrected chi connectivity index (χ0v) is 9.94. The molecule has 0 fully saturated rings. The number of pyridine rings is 1. The number of benzene rings is 1. The lowest BCUT2D eigenvalue weighted by Gasteiger charge is -2.03. The monoisotopic (exact) mass is 233 g/mol. The van der Waals surface area contributed by atoms with Gasteiger partial charge in [0.2, 0.25) is 0 Å². The fourth-order valence-electron chi connectivity index (χ4n) is 2.16. The number of aromatic amines is 1. The van der Waals surface area contributed by atoms with Crippen molar-refractivity contribution < 1.29 is 0 Å². The molecule has 18 heavy (non-hydrogen) atoms. The van der Waals surface area contributed by atoms with Gasteiger partial charge in [-0.2, -0.15) is 5.26 Å². The molecule has 0 unspecified atom stereocenters. The topological polar surface area (TPSA) is 52.5 Å². The Morgan fingerprint density at radius 3 is 2.83 bits per heavy atom. The first-order valence-corrected chi connectivity index (χ1v) is 5.73. The molecule has 2 heterocycles. The SMILES string of the molecule is Cc1ccccc1-c1c[nH]c2ncc(C#N)cc12. The molecular weight excluding hydrogens is 222 g/mol. The van der Waals surface area contributed by atoms with Gasteiger partial charge in [0.05, 0.1) is 5.56 Å². The predicted molar refractivity (Wildman–Crippen MR) is 71.0 cm³/mol. The number of fused-ring (bicyclic) bond motifs is 1. The summed E-state index contributed by atoms with van der Waals surface area (Å²) >= 11 is 0. The molecule has 0 radical (unpaired) electrons. The first-order valence-electron chi connectivity index (χ1n) is 5.73. The van der Waals surface area contributed by atoms with Crippen molar-refractivity contribution in [3.05, 3.63) is 53.9 Å². The van der Waals surface area contributed by atoms with E-state index in [1.807, 2.05) is 24.4 Å². The van der Waals surface area contributed by atoms with Crippen LogP contribution in [0.3, 0.4) is 0 Å². The Kier molecular flexibility index (Phi) is 2.35. The average molecular weight is 233 g/mol. The van der Waals surface area contributed by atoms with Crippen LogP contribution in [0.4, 0.5) is 0 Å². The molecule has 1 aromatic carbocycles. The largest absolute Gasteiger partial charge is 0.346 e. The standard InChI is InChI=1S/C15H11N3/c1-10-4-2-3-5-12(10)14-9-18-15-13(14)6-11(7-16)8-17-15/h2-6,8-9H,1H3,(H,17,18). The van der Waals surface area contributed by atoms with E-state index in [0.717, 1.165) is 16.6 Å². The van der Waals surface area contributed by atoms with Crippen molar-refractivity contribution in [3.63, 3.8) is 0 Å². The van der Waals surface area contributed by atoms with Crippen molar-refractivity contribution in [3.8, 4) is 17.2 Å². The van der Waals surface area contributed by atoms with Crippen molar-refractivity contribution in [2.24, 2.45) is 0 Å². The molecule has 2 aromatic heterocycles. The van der Waals surface area contributed by atoms with Crippen molar-refractivity contribution >= 4 is 11.0 Å². The minimum absolute atomic E-state index is 0.580. The fourth-order valence-corrected chi connectivity index (χ4v) is 2.16. The number of nitrogens with zero attached hydrogens (tertiary/aromatic N) is 2. The van der Waals surface area contributed by atoms with Crippen LogP contribution in [0, 0.1) is 18.3 Å². The van der Waals surface area contributed by atoms with Gasteiger partial charge in [0.15, 0.2) is 0 Å². The number of aromatic nitrogens is 2. The van der Waals surface area contributed by atoms with Gasteiger partial charge in [-0.25, -0.2) is 4.98 Å². The summed E-state index contributed by atoms with van der Waals surface area (Å²) < 4.78 is 0. The van der Waals surface area contributed by atoms with Gasteiger partial charge in [-0.3, -0.25) is 0 Å². The van der Waals surface area contributed by atoms with Crippen LogP contribution in [0.5, 0.6) is 0 Å². The second-order valence-corrected chi connectivity index (χ2v) is 4.25. The normalized spacial score (nSPS) is 10.4. The van der Waals surface area contributed by atoms with Crippen LogP contribution in [0.1, 0.15) is 11.1 Å². The van der Waals surface area contributed by atoms with E-state index in [0.29, 0.717) is 5.56 Å². The molecule has 0 bridgehead atoms. The van der Waals surface area contributed by atoms with E-state index in [2.05, 4.69) is 35.1 Å². The lowest BCUT2D eigenvalue weighted by Crippen LogP contribution is -1.83. The van der Waals surface area contributed by atoms with Crippen molar-refractivity contribution in [1.29, 1.82) is 5.26 Å². The second-order valence-electron chi connectivity index (χ2n) is 4.25. The number of H-pyrrole nitrogens is 1. The lowest BCUT2D eigenvalue weighted by molar-refractivity contribution is 1.31. The number of nitriles is 1. The smallest absolute Gasteiger partial charge is 0.137 e. The van der Waals surface area contributed by atoms with Crippen LogP contribution < -0.4 is 0 Å². The summed E-state index contributed by atoms with van der Waals surface area (Å²) in [6, 6.07) is 12.2. The Labute approximate surface area is 105 Å². The molecule has 0 atom stereocenters. The van der Waals surface area contributed by atoms with E-state index in [4.69, 9.17) is 5.26 Å². The quantitative estimate of drug-likeness (QED) is 0.700. The van der Waals surface area contributed by atoms with E-state index in [1.165, 1.54) is 11.1 Å². The summed E-state index contributed by atoms with van der Waals surface area (Å²) in [5.41, 5.74) is 4.86. The summed E-state index contributed by atoms with van der Waals surface area (Å²) in [6.45, 7) is 2.08. The Hall–Kier alpha value is -2.60. The van der Waals surface area contributed by atoms with E-state index in [1.54, 1.807) is 6.20 Å². The third-order valence-electron chi connectivity index (χ3n) is 3.10. The first-order chi connectivity index (χ1) is 8.79. The Morgan fingerprint density at radius 1 is 1.22 bits per heavy atom. The van der Waals surface area contributed by atoms with Crippen LogP contribution in [0.25, 0.3) is 22.2 Å². The number of rotatable bonds is 1. The van der Waals surface area contributed by atoms with Gasteiger partial charge in [0.1, 0.15) is 11.7 Å². The number of aryl methyl sites for hydroxylation is 1. The highest BCUT2D eigenvalue weighted by molar-refractivity contribution is 5.94. The predicted octanol–water partition coefficient (Wildman–Crippen LogP) is 3.41. The summed E-state index contributed by atoms with van der Waals surface area (Å²) in [4.78, 5) is 7.39. The van der Waals surface area contributed by atoms with Gasteiger partial charge in [0.25, 0.3) is 0 Å². The van der Waals surface area contributed by atoms with Crippen molar-refractivity contribution in [1.82, 2.24) is 9.97 Å². The molecule has 0 aliphatic carbocycles. The maximum absolute atomic E-state index is 8.95. The van der Waals surface area contributed by atoms with Gasteiger partial charge in [-0.05, 0) is 24.1 Å². The van der Waals surface area contributed by atoms with Crippen LogP contribution >= 0.6 is 0 Å². The van der Waals surface area contributed by atoms with Crippen molar-refractivity contribution in [2.45, 2.75) is 6.92 Å². The van der Waals surface area contributed by atoms with Crippen LogP contribution in [0.15, 0.2) is 42.7 Å². The molecule has 0 aliphatic rings. The fraction of sp³-hybridized carbons (Fsp3) is 0.0667. The molecule has 3 rings (SSSR count). The molecule has 3 nitrogen and oxygen atoms in total. The average Bonchev–Trinajstić information content (AvgIpc) is 2.82. The Morgan fingerprint density at radius 2 is 2.06 bits per heavy atom. The molecule has 0 saturated heterocycles. The minimum atomic E-state index is 0.580. The minimum Gasteiger partial charge on any atom is -0.346 e. The molecule has 3 aromatic rings. The summed E-state index contributed by atoms with van der Waals surface area (Å²) in [7, 11) is 0. The lowest BCUT2D eigenvalue weighted by atomic mass is 10.0. The second kappa shape index (κ2) is 4.01. The van der Waals surface area contributed by atoms with Crippen molar-refractivity contribution in [2.75, 3.05) is 0 Å². The Balaban J connectivity index is 2.31. The third kappa shape index (κ3) is 1.56. The summed E-state index contributed by atoms with van der Waals surface area (Å²) in [5.74, 6) is 0. The highest BCUT2D eigenvalue weighted by atomic mass is 14.8. The molecule has 0 amide bonds. The molecule has 3 heteroatoms.